The number of amides is 2. The molecule has 8 nitrogen and oxygen atoms in total. The number of nitrogens with one attached hydrogen (secondary N) is 2. The van der Waals surface area contributed by atoms with Gasteiger partial charge in [0.15, 0.2) is 5.82 Å². The lowest BCUT2D eigenvalue weighted by Gasteiger charge is -2.42. The SMILES string of the molecule is CCN(CC(=O)O)C1CC(NC(=O)Nc2ccc(F)c(C(=O)OC)c2F)C1. The van der Waals surface area contributed by atoms with Crippen LogP contribution in [-0.2, 0) is 9.53 Å². The number of nitrogens with zero attached hydrogens (tertiary/aromatic N) is 1. The second kappa shape index (κ2) is 8.76. The molecule has 2 amide bonds. The number of hydrogen-bond donors (Lipinski definition) is 3. The number of rotatable bonds is 7. The van der Waals surface area contributed by atoms with Crippen LogP contribution in [0.25, 0.3) is 0 Å². The Hall–Kier alpha value is -2.75. The van der Waals surface area contributed by atoms with Crippen molar-refractivity contribution in [2.45, 2.75) is 31.8 Å². The number of carboxylic acid groups (broad SMARTS) is 1. The number of aliphatic carboxylic acids is 1. The molecule has 0 radical (unpaired) electrons. The number of esters is 1. The normalized spacial score (nSPS) is 18.6. The Morgan fingerprint density at radius 2 is 1.96 bits per heavy atom. The van der Waals surface area contributed by atoms with Gasteiger partial charge in [-0.05, 0) is 31.5 Å². The molecule has 1 aliphatic carbocycles. The van der Waals surface area contributed by atoms with Crippen LogP contribution in [-0.4, -0.2) is 60.3 Å². The summed E-state index contributed by atoms with van der Waals surface area (Å²) in [6, 6.07) is 1.01. The van der Waals surface area contributed by atoms with Crippen molar-refractivity contribution >= 4 is 23.7 Å². The van der Waals surface area contributed by atoms with Crippen LogP contribution in [0.2, 0.25) is 0 Å². The van der Waals surface area contributed by atoms with E-state index in [0.29, 0.717) is 19.4 Å². The number of carbonyl (C=O) groups excluding carboxylic acids is 2. The van der Waals surface area contributed by atoms with Crippen molar-refractivity contribution < 1.29 is 33.0 Å². The van der Waals surface area contributed by atoms with E-state index in [1.807, 2.05) is 6.92 Å². The predicted molar refractivity (Wildman–Crippen MR) is 91.5 cm³/mol. The van der Waals surface area contributed by atoms with Gasteiger partial charge in [-0.2, -0.15) is 0 Å². The Morgan fingerprint density at radius 1 is 1.30 bits per heavy atom. The van der Waals surface area contributed by atoms with Gasteiger partial charge in [-0.1, -0.05) is 6.92 Å². The first-order valence-electron chi connectivity index (χ1n) is 8.36. The fourth-order valence-corrected chi connectivity index (χ4v) is 2.96. The molecule has 0 saturated heterocycles. The maximum atomic E-state index is 14.3. The van der Waals surface area contributed by atoms with Crippen molar-refractivity contribution in [1.29, 1.82) is 0 Å². The molecule has 0 atom stereocenters. The number of benzene rings is 1. The zero-order chi connectivity index (χ0) is 20.1. The highest BCUT2D eigenvalue weighted by molar-refractivity contribution is 5.94. The average molecular weight is 385 g/mol. The van der Waals surface area contributed by atoms with Crippen LogP contribution in [0.1, 0.15) is 30.1 Å². The fraction of sp³-hybridized carbons (Fsp3) is 0.471. The number of carbonyl (C=O) groups is 3. The van der Waals surface area contributed by atoms with Crippen molar-refractivity contribution in [3.8, 4) is 0 Å². The van der Waals surface area contributed by atoms with E-state index in [1.54, 1.807) is 4.90 Å². The van der Waals surface area contributed by atoms with E-state index in [-0.39, 0.29) is 24.3 Å². The standard InChI is InChI=1S/C17H21F2N3O5/c1-3-22(8-13(23)24)10-6-9(7-10)20-17(26)21-12-5-4-11(18)14(15(12)19)16(25)27-2/h4-5,9-10H,3,6-8H2,1-2H3,(H,23,24)(H2,20,21,26). The lowest BCUT2D eigenvalue weighted by molar-refractivity contribution is -0.139. The number of halogens is 2. The van der Waals surface area contributed by atoms with Crippen molar-refractivity contribution in [2.24, 2.45) is 0 Å². The third-order valence-corrected chi connectivity index (χ3v) is 4.44. The zero-order valence-corrected chi connectivity index (χ0v) is 14.9. The van der Waals surface area contributed by atoms with Gasteiger partial charge in [0.05, 0.1) is 19.3 Å². The first kappa shape index (κ1) is 20.6. The number of hydrogen-bond acceptors (Lipinski definition) is 5. The van der Waals surface area contributed by atoms with E-state index < -0.39 is 35.2 Å². The summed E-state index contributed by atoms with van der Waals surface area (Å²) in [5.74, 6) is -4.42. The van der Waals surface area contributed by atoms with E-state index in [1.165, 1.54) is 0 Å². The Bertz CT molecular complexity index is 738. The summed E-state index contributed by atoms with van der Waals surface area (Å²) in [6.07, 6.45) is 1.13. The molecule has 1 aliphatic rings. The number of urea groups is 1. The van der Waals surface area contributed by atoms with Gasteiger partial charge in [0.2, 0.25) is 0 Å². The minimum atomic E-state index is -1.22. The monoisotopic (exact) mass is 385 g/mol. The van der Waals surface area contributed by atoms with E-state index in [2.05, 4.69) is 15.4 Å². The molecule has 0 unspecified atom stereocenters. The van der Waals surface area contributed by atoms with Crippen LogP contribution in [0.5, 0.6) is 0 Å². The second-order valence-corrected chi connectivity index (χ2v) is 6.15. The summed E-state index contributed by atoms with van der Waals surface area (Å²) in [4.78, 5) is 36.1. The summed E-state index contributed by atoms with van der Waals surface area (Å²) < 4.78 is 32.2. The molecule has 0 aromatic heterocycles. The summed E-state index contributed by atoms with van der Waals surface area (Å²) in [7, 11) is 0.991. The number of anilines is 1. The fourth-order valence-electron chi connectivity index (χ4n) is 2.96. The van der Waals surface area contributed by atoms with Gasteiger partial charge in [-0.3, -0.25) is 9.69 Å². The Labute approximate surface area is 154 Å². The molecule has 0 aliphatic heterocycles. The first-order chi connectivity index (χ1) is 12.8. The maximum absolute atomic E-state index is 14.3. The highest BCUT2D eigenvalue weighted by atomic mass is 19.1. The average Bonchev–Trinajstić information content (AvgIpc) is 2.58. The largest absolute Gasteiger partial charge is 0.480 e. The summed E-state index contributed by atoms with van der Waals surface area (Å²) in [6.45, 7) is 2.36. The topological polar surface area (TPSA) is 108 Å². The molecule has 0 heterocycles. The minimum Gasteiger partial charge on any atom is -0.480 e. The van der Waals surface area contributed by atoms with Gasteiger partial charge in [-0.25, -0.2) is 18.4 Å². The molecular formula is C17H21F2N3O5. The van der Waals surface area contributed by atoms with Crippen molar-refractivity contribution in [2.75, 3.05) is 25.5 Å². The highest BCUT2D eigenvalue weighted by Gasteiger charge is 2.34. The molecule has 1 aromatic carbocycles. The second-order valence-electron chi connectivity index (χ2n) is 6.15. The van der Waals surface area contributed by atoms with Crippen molar-refractivity contribution in [3.63, 3.8) is 0 Å². The van der Waals surface area contributed by atoms with Gasteiger partial charge in [0, 0.05) is 12.1 Å². The molecular weight excluding hydrogens is 364 g/mol. The van der Waals surface area contributed by atoms with E-state index >= 15 is 0 Å². The molecule has 1 aromatic rings. The van der Waals surface area contributed by atoms with Gasteiger partial charge in [0.25, 0.3) is 0 Å². The lowest BCUT2D eigenvalue weighted by atomic mass is 9.85. The summed E-state index contributed by atoms with van der Waals surface area (Å²) >= 11 is 0. The predicted octanol–water partition coefficient (Wildman–Crippen LogP) is 1.81. The summed E-state index contributed by atoms with van der Waals surface area (Å²) in [5, 5.41) is 13.7. The van der Waals surface area contributed by atoms with Crippen LogP contribution < -0.4 is 10.6 Å². The van der Waals surface area contributed by atoms with Crippen molar-refractivity contribution in [3.05, 3.63) is 29.3 Å². The van der Waals surface area contributed by atoms with Crippen LogP contribution >= 0.6 is 0 Å². The van der Waals surface area contributed by atoms with Crippen LogP contribution in [0, 0.1) is 11.6 Å². The molecule has 27 heavy (non-hydrogen) atoms. The Morgan fingerprint density at radius 3 is 2.52 bits per heavy atom. The molecule has 1 saturated carbocycles. The minimum absolute atomic E-state index is 0.0462. The van der Waals surface area contributed by atoms with Gasteiger partial charge < -0.3 is 20.5 Å². The Kier molecular flexibility index (Phi) is 6.67. The molecule has 0 spiro atoms. The molecule has 148 valence electrons. The quantitative estimate of drug-likeness (QED) is 0.618. The van der Waals surface area contributed by atoms with Gasteiger partial charge in [-0.15, -0.1) is 0 Å². The number of carboxylic acids is 1. The van der Waals surface area contributed by atoms with Gasteiger partial charge in [0.1, 0.15) is 11.4 Å². The molecule has 2 rings (SSSR count). The van der Waals surface area contributed by atoms with Crippen LogP contribution in [0.15, 0.2) is 12.1 Å². The molecule has 3 N–H and O–H groups in total. The highest BCUT2D eigenvalue weighted by Crippen LogP contribution is 2.26. The number of likely N-dealkylation sites (N-methyl/N-ethyl adjacent to an activating group) is 1. The summed E-state index contributed by atoms with van der Waals surface area (Å²) in [5.41, 5.74) is -1.24. The molecule has 10 heteroatoms. The number of methoxy groups -OCH3 is 1. The number of ether oxygens (including phenoxy) is 1. The van der Waals surface area contributed by atoms with E-state index in [0.717, 1.165) is 19.2 Å². The van der Waals surface area contributed by atoms with E-state index in [9.17, 15) is 23.2 Å². The zero-order valence-electron chi connectivity index (χ0n) is 14.9. The molecule has 0 bridgehead atoms. The first-order valence-corrected chi connectivity index (χ1v) is 8.36. The van der Waals surface area contributed by atoms with Crippen LogP contribution in [0.4, 0.5) is 19.3 Å². The third kappa shape index (κ3) is 4.91. The smallest absolute Gasteiger partial charge is 0.343 e. The van der Waals surface area contributed by atoms with Crippen LogP contribution in [0.3, 0.4) is 0 Å². The Balaban J connectivity index is 1.92. The van der Waals surface area contributed by atoms with E-state index in [4.69, 9.17) is 5.11 Å². The third-order valence-electron chi connectivity index (χ3n) is 4.44. The molecule has 1 fully saturated rings. The maximum Gasteiger partial charge on any atom is 0.343 e. The van der Waals surface area contributed by atoms with Crippen molar-refractivity contribution in [1.82, 2.24) is 10.2 Å². The van der Waals surface area contributed by atoms with Gasteiger partial charge >= 0.3 is 18.0 Å². The lowest BCUT2D eigenvalue weighted by Crippen LogP contribution is -2.55.